The number of hydrogen-bond donors (Lipinski definition) is 3. The number of aromatic carboxylic acids is 1. The molecular weight excluding hydrogens is 248 g/mol. The second kappa shape index (κ2) is 7.38. The molecule has 2 amide bonds. The molecule has 0 atom stereocenters. The van der Waals surface area contributed by atoms with Gasteiger partial charge in [-0.15, -0.1) is 0 Å². The number of anilines is 1. The van der Waals surface area contributed by atoms with Crippen LogP contribution >= 0.6 is 0 Å². The van der Waals surface area contributed by atoms with E-state index in [0.717, 1.165) is 5.56 Å². The summed E-state index contributed by atoms with van der Waals surface area (Å²) in [7, 11) is 0. The first-order valence-electron chi connectivity index (χ1n) is 6.01. The fraction of sp³-hybridized carbons (Fsp3) is 0.385. The molecule has 0 aromatic heterocycles. The number of nitrogens with one attached hydrogen (secondary N) is 2. The van der Waals surface area contributed by atoms with Gasteiger partial charge in [0, 0.05) is 13.2 Å². The minimum Gasteiger partial charge on any atom is -0.478 e. The fourth-order valence-corrected chi connectivity index (χ4v) is 1.49. The number of carboxylic acids is 1. The SMILES string of the molecule is CCOCCNC(=O)Nc1ccc(C)cc1C(=O)O. The van der Waals surface area contributed by atoms with E-state index in [1.165, 1.54) is 6.07 Å². The van der Waals surface area contributed by atoms with Crippen molar-refractivity contribution in [1.29, 1.82) is 0 Å². The second-order valence-electron chi connectivity index (χ2n) is 3.93. The van der Waals surface area contributed by atoms with Crippen molar-refractivity contribution >= 4 is 17.7 Å². The van der Waals surface area contributed by atoms with Gasteiger partial charge in [0.05, 0.1) is 17.9 Å². The highest BCUT2D eigenvalue weighted by Gasteiger charge is 2.12. The van der Waals surface area contributed by atoms with Crippen LogP contribution in [-0.2, 0) is 4.74 Å². The molecule has 6 heteroatoms. The van der Waals surface area contributed by atoms with Gasteiger partial charge in [-0.3, -0.25) is 0 Å². The molecule has 1 aromatic carbocycles. The van der Waals surface area contributed by atoms with E-state index in [1.807, 2.05) is 6.92 Å². The number of aryl methyl sites for hydroxylation is 1. The lowest BCUT2D eigenvalue weighted by atomic mass is 10.1. The minimum absolute atomic E-state index is 0.0694. The van der Waals surface area contributed by atoms with Gasteiger partial charge in [-0.1, -0.05) is 11.6 Å². The maximum Gasteiger partial charge on any atom is 0.337 e. The molecule has 0 radical (unpaired) electrons. The van der Waals surface area contributed by atoms with Crippen molar-refractivity contribution in [3.8, 4) is 0 Å². The van der Waals surface area contributed by atoms with Crippen molar-refractivity contribution in [3.63, 3.8) is 0 Å². The highest BCUT2D eigenvalue weighted by atomic mass is 16.5. The lowest BCUT2D eigenvalue weighted by Gasteiger charge is -2.10. The summed E-state index contributed by atoms with van der Waals surface area (Å²) in [6, 6.07) is 4.37. The number of carbonyl (C=O) groups is 2. The van der Waals surface area contributed by atoms with Crippen molar-refractivity contribution < 1.29 is 19.4 Å². The number of amides is 2. The highest BCUT2D eigenvalue weighted by molar-refractivity contribution is 6.00. The molecule has 3 N–H and O–H groups in total. The number of hydrogen-bond acceptors (Lipinski definition) is 3. The van der Waals surface area contributed by atoms with Crippen molar-refractivity contribution in [2.24, 2.45) is 0 Å². The molecule has 0 bridgehead atoms. The number of rotatable bonds is 6. The summed E-state index contributed by atoms with van der Waals surface area (Å²) in [4.78, 5) is 22.6. The Morgan fingerprint density at radius 3 is 2.74 bits per heavy atom. The molecule has 19 heavy (non-hydrogen) atoms. The van der Waals surface area contributed by atoms with Crippen molar-refractivity contribution in [2.45, 2.75) is 13.8 Å². The Kier molecular flexibility index (Phi) is 5.81. The average molecular weight is 266 g/mol. The number of carboxylic acid groups (broad SMARTS) is 1. The maximum absolute atomic E-state index is 11.6. The van der Waals surface area contributed by atoms with Gasteiger partial charge in [0.2, 0.25) is 0 Å². The molecule has 6 nitrogen and oxygen atoms in total. The van der Waals surface area contributed by atoms with Gasteiger partial charge in [-0.25, -0.2) is 9.59 Å². The Morgan fingerprint density at radius 2 is 2.11 bits per heavy atom. The number of urea groups is 1. The van der Waals surface area contributed by atoms with Crippen molar-refractivity contribution in [2.75, 3.05) is 25.1 Å². The van der Waals surface area contributed by atoms with E-state index in [-0.39, 0.29) is 11.3 Å². The first-order valence-corrected chi connectivity index (χ1v) is 6.01. The summed E-state index contributed by atoms with van der Waals surface area (Å²) in [5.74, 6) is -1.08. The number of benzene rings is 1. The van der Waals surface area contributed by atoms with Gasteiger partial charge in [0.15, 0.2) is 0 Å². The predicted molar refractivity (Wildman–Crippen MR) is 71.7 cm³/mol. The minimum atomic E-state index is -1.08. The predicted octanol–water partition coefficient (Wildman–Crippen LogP) is 1.85. The molecule has 0 aliphatic heterocycles. The largest absolute Gasteiger partial charge is 0.478 e. The van der Waals surface area contributed by atoms with Gasteiger partial charge >= 0.3 is 12.0 Å². The summed E-state index contributed by atoms with van der Waals surface area (Å²) >= 11 is 0. The van der Waals surface area contributed by atoms with E-state index in [1.54, 1.807) is 19.1 Å². The van der Waals surface area contributed by atoms with Gasteiger partial charge < -0.3 is 20.5 Å². The monoisotopic (exact) mass is 266 g/mol. The van der Waals surface area contributed by atoms with E-state index in [0.29, 0.717) is 19.8 Å². The third-order valence-corrected chi connectivity index (χ3v) is 2.39. The topological polar surface area (TPSA) is 87.7 Å². The molecular formula is C13H18N2O4. The smallest absolute Gasteiger partial charge is 0.337 e. The molecule has 0 saturated carbocycles. The Balaban J connectivity index is 2.61. The molecule has 0 aliphatic carbocycles. The zero-order chi connectivity index (χ0) is 14.3. The molecule has 1 aromatic rings. The second-order valence-corrected chi connectivity index (χ2v) is 3.93. The quantitative estimate of drug-likeness (QED) is 0.686. The van der Waals surface area contributed by atoms with Crippen LogP contribution in [0.15, 0.2) is 18.2 Å². The highest BCUT2D eigenvalue weighted by Crippen LogP contribution is 2.17. The van der Waals surface area contributed by atoms with Gasteiger partial charge in [-0.2, -0.15) is 0 Å². The standard InChI is InChI=1S/C13H18N2O4/c1-3-19-7-6-14-13(18)15-11-5-4-9(2)8-10(11)12(16)17/h4-5,8H,3,6-7H2,1-2H3,(H,16,17)(H2,14,15,18). The molecule has 1 rings (SSSR count). The Morgan fingerprint density at radius 1 is 1.37 bits per heavy atom. The summed E-state index contributed by atoms with van der Waals surface area (Å²) in [5.41, 5.74) is 1.16. The van der Waals surface area contributed by atoms with Crippen LogP contribution in [0.3, 0.4) is 0 Å². The molecule has 0 spiro atoms. The first kappa shape index (κ1) is 15.0. The van der Waals surface area contributed by atoms with Crippen LogP contribution in [-0.4, -0.2) is 36.9 Å². The number of ether oxygens (including phenoxy) is 1. The zero-order valence-corrected chi connectivity index (χ0v) is 11.0. The van der Waals surface area contributed by atoms with E-state index in [9.17, 15) is 9.59 Å². The van der Waals surface area contributed by atoms with Crippen LogP contribution in [0.5, 0.6) is 0 Å². The fourth-order valence-electron chi connectivity index (χ4n) is 1.49. The Labute approximate surface area is 111 Å². The summed E-state index contributed by atoms with van der Waals surface area (Å²) < 4.78 is 5.08. The maximum atomic E-state index is 11.6. The van der Waals surface area contributed by atoms with Gasteiger partial charge in [0.1, 0.15) is 0 Å². The average Bonchev–Trinajstić information content (AvgIpc) is 2.36. The first-order chi connectivity index (χ1) is 9.04. The van der Waals surface area contributed by atoms with Crippen molar-refractivity contribution in [1.82, 2.24) is 5.32 Å². The summed E-state index contributed by atoms with van der Waals surface area (Å²) in [6.07, 6.45) is 0. The van der Waals surface area contributed by atoms with E-state index in [2.05, 4.69) is 10.6 Å². The molecule has 0 unspecified atom stereocenters. The summed E-state index contributed by atoms with van der Waals surface area (Å²) in [6.45, 7) is 5.03. The number of carbonyl (C=O) groups excluding carboxylic acids is 1. The Hall–Kier alpha value is -2.08. The molecule has 0 fully saturated rings. The third kappa shape index (κ3) is 4.97. The van der Waals surface area contributed by atoms with Gasteiger partial charge in [-0.05, 0) is 26.0 Å². The lowest BCUT2D eigenvalue weighted by molar-refractivity contribution is 0.0698. The van der Waals surface area contributed by atoms with E-state index < -0.39 is 12.0 Å². The summed E-state index contributed by atoms with van der Waals surface area (Å²) in [5, 5.41) is 14.1. The Bertz CT molecular complexity index is 460. The van der Waals surface area contributed by atoms with Crippen LogP contribution in [0.1, 0.15) is 22.8 Å². The normalized spacial score (nSPS) is 10.0. The van der Waals surface area contributed by atoms with Gasteiger partial charge in [0.25, 0.3) is 0 Å². The zero-order valence-electron chi connectivity index (χ0n) is 11.0. The van der Waals surface area contributed by atoms with Crippen LogP contribution in [0, 0.1) is 6.92 Å². The van der Waals surface area contributed by atoms with Crippen molar-refractivity contribution in [3.05, 3.63) is 29.3 Å². The molecule has 0 aliphatic rings. The molecule has 104 valence electrons. The van der Waals surface area contributed by atoms with Crippen LogP contribution in [0.2, 0.25) is 0 Å². The third-order valence-electron chi connectivity index (χ3n) is 2.39. The van der Waals surface area contributed by atoms with E-state index in [4.69, 9.17) is 9.84 Å². The molecule has 0 heterocycles. The lowest BCUT2D eigenvalue weighted by Crippen LogP contribution is -2.32. The van der Waals surface area contributed by atoms with Crippen LogP contribution in [0.4, 0.5) is 10.5 Å². The molecule has 0 saturated heterocycles. The van der Waals surface area contributed by atoms with Crippen LogP contribution < -0.4 is 10.6 Å². The van der Waals surface area contributed by atoms with E-state index >= 15 is 0 Å². The van der Waals surface area contributed by atoms with Crippen LogP contribution in [0.25, 0.3) is 0 Å².